The van der Waals surface area contributed by atoms with Crippen LogP contribution in [0.4, 0.5) is 0 Å². The Kier molecular flexibility index (Phi) is 2.81. The highest BCUT2D eigenvalue weighted by Gasteiger charge is 2.11. The molecule has 1 unspecified atom stereocenters. The maximum absolute atomic E-state index is 5.73. The topological polar surface area (TPSA) is 56.7 Å². The van der Waals surface area contributed by atoms with Crippen LogP contribution in [0.25, 0.3) is 0 Å². The molecule has 0 aliphatic heterocycles. The molecule has 0 aliphatic carbocycles. The van der Waals surface area contributed by atoms with E-state index < -0.39 is 0 Å². The lowest BCUT2D eigenvalue weighted by molar-refractivity contribution is 0.618. The van der Waals surface area contributed by atoms with Crippen molar-refractivity contribution in [2.45, 2.75) is 39.8 Å². The summed E-state index contributed by atoms with van der Waals surface area (Å²) in [5.74, 6) is 1.90. The Labute approximate surface area is 72.8 Å². The second-order valence-corrected chi connectivity index (χ2v) is 2.86. The molecular formula is C8H16N4. The van der Waals surface area contributed by atoms with Gasteiger partial charge >= 0.3 is 0 Å². The Balaban J connectivity index is 3.05. The van der Waals surface area contributed by atoms with Crippen molar-refractivity contribution < 1.29 is 0 Å². The molecule has 68 valence electrons. The average Bonchev–Trinajstić information content (AvgIpc) is 2.46. The fraction of sp³-hybridized carbons (Fsp3) is 0.750. The van der Waals surface area contributed by atoms with E-state index in [2.05, 4.69) is 28.6 Å². The standard InChI is InChI=1S/C8H16N4/c1-4-7-10-11-8(6(3)9)12(7)5-2/h6H,4-5,9H2,1-3H3. The molecule has 0 aromatic carbocycles. The lowest BCUT2D eigenvalue weighted by atomic mass is 10.3. The van der Waals surface area contributed by atoms with E-state index in [1.165, 1.54) is 0 Å². The molecule has 1 aromatic rings. The number of hydrogen-bond donors (Lipinski definition) is 1. The van der Waals surface area contributed by atoms with Gasteiger partial charge in [0.1, 0.15) is 11.6 Å². The Bertz CT molecular complexity index is 252. The van der Waals surface area contributed by atoms with Gasteiger partial charge in [-0.3, -0.25) is 0 Å². The number of aromatic nitrogens is 3. The van der Waals surface area contributed by atoms with Crippen LogP contribution < -0.4 is 5.73 Å². The second-order valence-electron chi connectivity index (χ2n) is 2.86. The van der Waals surface area contributed by atoms with Gasteiger partial charge in [-0.15, -0.1) is 10.2 Å². The van der Waals surface area contributed by atoms with E-state index in [1.807, 2.05) is 6.92 Å². The zero-order valence-electron chi connectivity index (χ0n) is 7.91. The maximum atomic E-state index is 5.73. The van der Waals surface area contributed by atoms with Gasteiger partial charge in [-0.05, 0) is 13.8 Å². The molecule has 0 saturated heterocycles. The minimum absolute atomic E-state index is 0.0299. The summed E-state index contributed by atoms with van der Waals surface area (Å²) in [6, 6.07) is -0.0299. The normalized spacial score (nSPS) is 13.3. The quantitative estimate of drug-likeness (QED) is 0.729. The lowest BCUT2D eigenvalue weighted by Crippen LogP contribution is -2.14. The Hall–Kier alpha value is -0.900. The molecule has 4 heteroatoms. The summed E-state index contributed by atoms with van der Waals surface area (Å²) in [7, 11) is 0. The number of aryl methyl sites for hydroxylation is 1. The first-order chi connectivity index (χ1) is 5.70. The molecule has 0 fully saturated rings. The van der Waals surface area contributed by atoms with E-state index in [1.54, 1.807) is 0 Å². The first-order valence-electron chi connectivity index (χ1n) is 4.38. The molecule has 2 N–H and O–H groups in total. The van der Waals surface area contributed by atoms with Gasteiger partial charge in [0.15, 0.2) is 0 Å². The van der Waals surface area contributed by atoms with E-state index in [9.17, 15) is 0 Å². The highest BCUT2D eigenvalue weighted by Crippen LogP contribution is 2.09. The molecule has 4 nitrogen and oxygen atoms in total. The largest absolute Gasteiger partial charge is 0.322 e. The summed E-state index contributed by atoms with van der Waals surface area (Å²) in [6.45, 7) is 6.97. The highest BCUT2D eigenvalue weighted by molar-refractivity contribution is 4.99. The van der Waals surface area contributed by atoms with Gasteiger partial charge in [0, 0.05) is 13.0 Å². The third kappa shape index (κ3) is 1.48. The second kappa shape index (κ2) is 3.67. The Morgan fingerprint density at radius 1 is 1.42 bits per heavy atom. The van der Waals surface area contributed by atoms with Crippen molar-refractivity contribution in [3.05, 3.63) is 11.6 Å². The molecule has 1 atom stereocenters. The van der Waals surface area contributed by atoms with Crippen molar-refractivity contribution in [2.75, 3.05) is 0 Å². The van der Waals surface area contributed by atoms with Crippen LogP contribution in [0.1, 0.15) is 38.5 Å². The lowest BCUT2D eigenvalue weighted by Gasteiger charge is -2.07. The summed E-state index contributed by atoms with van der Waals surface area (Å²) < 4.78 is 2.07. The van der Waals surface area contributed by atoms with Gasteiger partial charge in [-0.2, -0.15) is 0 Å². The first kappa shape index (κ1) is 9.19. The minimum Gasteiger partial charge on any atom is -0.322 e. The van der Waals surface area contributed by atoms with Crippen LogP contribution >= 0.6 is 0 Å². The molecule has 0 saturated carbocycles. The Morgan fingerprint density at radius 3 is 2.50 bits per heavy atom. The van der Waals surface area contributed by atoms with Crippen molar-refractivity contribution in [1.29, 1.82) is 0 Å². The van der Waals surface area contributed by atoms with Crippen LogP contribution in [0.3, 0.4) is 0 Å². The van der Waals surface area contributed by atoms with Crippen LogP contribution in [-0.2, 0) is 13.0 Å². The zero-order chi connectivity index (χ0) is 9.14. The van der Waals surface area contributed by atoms with Crippen molar-refractivity contribution in [3.8, 4) is 0 Å². The molecule has 1 aromatic heterocycles. The van der Waals surface area contributed by atoms with Crippen LogP contribution in [0.15, 0.2) is 0 Å². The molecule has 0 spiro atoms. The fourth-order valence-electron chi connectivity index (χ4n) is 1.29. The summed E-state index contributed by atoms with van der Waals surface area (Å²) in [6.07, 6.45) is 0.910. The molecule has 12 heavy (non-hydrogen) atoms. The molecule has 0 bridgehead atoms. The van der Waals surface area contributed by atoms with Gasteiger partial charge in [0.2, 0.25) is 0 Å². The van der Waals surface area contributed by atoms with Gasteiger partial charge < -0.3 is 10.3 Å². The van der Waals surface area contributed by atoms with Crippen molar-refractivity contribution in [3.63, 3.8) is 0 Å². The van der Waals surface area contributed by atoms with Crippen molar-refractivity contribution in [2.24, 2.45) is 5.73 Å². The van der Waals surface area contributed by atoms with Gasteiger partial charge in [0.25, 0.3) is 0 Å². The SMILES string of the molecule is CCc1nnc(C(C)N)n1CC. The molecule has 1 heterocycles. The fourth-order valence-corrected chi connectivity index (χ4v) is 1.29. The van der Waals surface area contributed by atoms with Crippen LogP contribution in [0.5, 0.6) is 0 Å². The van der Waals surface area contributed by atoms with Crippen LogP contribution in [0.2, 0.25) is 0 Å². The van der Waals surface area contributed by atoms with E-state index >= 15 is 0 Å². The van der Waals surface area contributed by atoms with Gasteiger partial charge in [-0.25, -0.2) is 0 Å². The average molecular weight is 168 g/mol. The van der Waals surface area contributed by atoms with Gasteiger partial charge in [-0.1, -0.05) is 6.92 Å². The number of hydrogen-bond acceptors (Lipinski definition) is 3. The number of rotatable bonds is 3. The Morgan fingerprint density at radius 2 is 2.08 bits per heavy atom. The van der Waals surface area contributed by atoms with Crippen molar-refractivity contribution in [1.82, 2.24) is 14.8 Å². The molecule has 0 aliphatic rings. The molecule has 0 radical (unpaired) electrons. The predicted molar refractivity (Wildman–Crippen MR) is 47.7 cm³/mol. The van der Waals surface area contributed by atoms with E-state index in [0.717, 1.165) is 24.6 Å². The third-order valence-corrected chi connectivity index (χ3v) is 1.90. The van der Waals surface area contributed by atoms with Crippen molar-refractivity contribution >= 4 is 0 Å². The van der Waals surface area contributed by atoms with E-state index in [0.29, 0.717) is 0 Å². The number of nitrogens with zero attached hydrogens (tertiary/aromatic N) is 3. The van der Waals surface area contributed by atoms with Crippen LogP contribution in [0, 0.1) is 0 Å². The van der Waals surface area contributed by atoms with E-state index in [-0.39, 0.29) is 6.04 Å². The first-order valence-corrected chi connectivity index (χ1v) is 4.38. The smallest absolute Gasteiger partial charge is 0.149 e. The highest BCUT2D eigenvalue weighted by atomic mass is 15.3. The zero-order valence-corrected chi connectivity index (χ0v) is 7.91. The summed E-state index contributed by atoms with van der Waals surface area (Å²) >= 11 is 0. The summed E-state index contributed by atoms with van der Waals surface area (Å²) in [5.41, 5.74) is 5.73. The predicted octanol–water partition coefficient (Wildman–Crippen LogP) is 0.880. The monoisotopic (exact) mass is 168 g/mol. The summed E-state index contributed by atoms with van der Waals surface area (Å²) in [5, 5.41) is 8.10. The van der Waals surface area contributed by atoms with E-state index in [4.69, 9.17) is 5.73 Å². The summed E-state index contributed by atoms with van der Waals surface area (Å²) in [4.78, 5) is 0. The van der Waals surface area contributed by atoms with Crippen LogP contribution in [-0.4, -0.2) is 14.8 Å². The molecule has 1 rings (SSSR count). The minimum atomic E-state index is -0.0299. The molecular weight excluding hydrogens is 152 g/mol. The van der Waals surface area contributed by atoms with Gasteiger partial charge in [0.05, 0.1) is 6.04 Å². The number of nitrogens with two attached hydrogens (primary N) is 1. The third-order valence-electron chi connectivity index (χ3n) is 1.90. The molecule has 0 amide bonds. The maximum Gasteiger partial charge on any atom is 0.149 e.